The van der Waals surface area contributed by atoms with E-state index in [-0.39, 0.29) is 28.8 Å². The molecular weight excluding hydrogens is 500 g/mol. The van der Waals surface area contributed by atoms with Gasteiger partial charge in [0.1, 0.15) is 0 Å². The van der Waals surface area contributed by atoms with Crippen LogP contribution in [0.2, 0.25) is 0 Å². The Morgan fingerprint density at radius 3 is 1.84 bits per heavy atom. The van der Waals surface area contributed by atoms with Crippen LogP contribution in [-0.2, 0) is 18.9 Å². The van der Waals surface area contributed by atoms with E-state index in [2.05, 4.69) is 0 Å². The third-order valence-corrected chi connectivity index (χ3v) is 7.04. The van der Waals surface area contributed by atoms with E-state index < -0.39 is 29.4 Å². The van der Waals surface area contributed by atoms with Gasteiger partial charge in [-0.05, 0) is 68.4 Å². The van der Waals surface area contributed by atoms with Gasteiger partial charge in [0.05, 0.1) is 16.7 Å². The van der Waals surface area contributed by atoms with Crippen LogP contribution in [0.15, 0.2) is 24.3 Å². The maximum absolute atomic E-state index is 13.3. The molecule has 206 valence electrons. The van der Waals surface area contributed by atoms with E-state index >= 15 is 0 Å². The zero-order valence-corrected chi connectivity index (χ0v) is 20.8. The van der Waals surface area contributed by atoms with Gasteiger partial charge in [-0.25, -0.2) is 9.80 Å². The molecule has 5 nitrogen and oxygen atoms in total. The fourth-order valence-corrected chi connectivity index (χ4v) is 4.99. The van der Waals surface area contributed by atoms with Crippen molar-refractivity contribution in [2.75, 3.05) is 13.1 Å². The van der Waals surface area contributed by atoms with Crippen LogP contribution in [-0.4, -0.2) is 33.7 Å². The number of carbonyl (C=O) groups is 1. The normalized spacial score (nSPS) is 17.8. The van der Waals surface area contributed by atoms with Gasteiger partial charge >= 0.3 is 18.3 Å². The highest BCUT2D eigenvalue weighted by Crippen LogP contribution is 2.40. The number of aromatic carboxylic acids is 1. The maximum atomic E-state index is 13.3. The highest BCUT2D eigenvalue weighted by Gasteiger charge is 2.37. The minimum atomic E-state index is -4.97. The van der Waals surface area contributed by atoms with E-state index in [1.54, 1.807) is 4.57 Å². The molecule has 2 fully saturated rings. The van der Waals surface area contributed by atoms with Gasteiger partial charge in [-0.3, -0.25) is 5.84 Å². The lowest BCUT2D eigenvalue weighted by Gasteiger charge is -2.24. The monoisotopic (exact) mass is 533 g/mol. The first kappa shape index (κ1) is 29.0. The quantitative estimate of drug-likeness (QED) is 0.324. The molecule has 0 radical (unpaired) electrons. The van der Waals surface area contributed by atoms with E-state index in [1.165, 1.54) is 26.2 Å². The Labute approximate surface area is 212 Å². The molecular formula is C26H33F6N3O2. The van der Waals surface area contributed by atoms with Crippen LogP contribution in [0.1, 0.15) is 78.5 Å². The van der Waals surface area contributed by atoms with Crippen LogP contribution in [0.4, 0.5) is 26.3 Å². The number of hydrogen-bond donors (Lipinski definition) is 2. The van der Waals surface area contributed by atoms with Crippen molar-refractivity contribution < 1.29 is 36.2 Å². The molecule has 1 aromatic heterocycles. The molecule has 0 spiro atoms. The minimum absolute atomic E-state index is 0.0482. The van der Waals surface area contributed by atoms with Gasteiger partial charge in [-0.1, -0.05) is 25.7 Å². The molecule has 2 aliphatic rings. The lowest BCUT2D eigenvalue weighted by molar-refractivity contribution is -0.143. The molecule has 4 rings (SSSR count). The lowest BCUT2D eigenvalue weighted by Crippen LogP contribution is -2.35. The fraction of sp³-hybridized carbons (Fsp3) is 0.577. The van der Waals surface area contributed by atoms with E-state index in [0.717, 1.165) is 51.3 Å². The van der Waals surface area contributed by atoms with E-state index in [9.17, 15) is 36.2 Å². The highest BCUT2D eigenvalue weighted by molar-refractivity contribution is 5.91. The Morgan fingerprint density at radius 1 is 0.892 bits per heavy atom. The first-order chi connectivity index (χ1) is 17.3. The Kier molecular flexibility index (Phi) is 9.33. The number of alkyl halides is 6. The van der Waals surface area contributed by atoms with Crippen molar-refractivity contribution in [3.05, 3.63) is 46.6 Å². The molecule has 11 heteroatoms. The van der Waals surface area contributed by atoms with Crippen LogP contribution in [0.3, 0.4) is 0 Å². The van der Waals surface area contributed by atoms with Crippen molar-refractivity contribution in [3.63, 3.8) is 0 Å². The SMILES string of the molecule is Cc1c(C(=O)O)cc(-c2cc(C(F)(F)F)cc(C(F)(F)F)c2)n1CC1CCCCC1.NN1CCCCC1. The minimum Gasteiger partial charge on any atom is -0.478 e. The molecule has 1 aliphatic carbocycles. The van der Waals surface area contributed by atoms with Crippen molar-refractivity contribution in [2.45, 2.75) is 77.2 Å². The average Bonchev–Trinajstić information content (AvgIpc) is 3.15. The van der Waals surface area contributed by atoms with Crippen molar-refractivity contribution in [3.8, 4) is 11.3 Å². The molecule has 0 amide bonds. The van der Waals surface area contributed by atoms with Gasteiger partial charge < -0.3 is 9.67 Å². The molecule has 1 saturated carbocycles. The third kappa shape index (κ3) is 7.73. The first-order valence-corrected chi connectivity index (χ1v) is 12.5. The summed E-state index contributed by atoms with van der Waals surface area (Å²) in [6.45, 7) is 4.07. The summed E-state index contributed by atoms with van der Waals surface area (Å²) in [4.78, 5) is 11.6. The number of nitrogens with two attached hydrogens (primary N) is 1. The van der Waals surface area contributed by atoms with Gasteiger partial charge in [-0.2, -0.15) is 26.3 Å². The summed E-state index contributed by atoms with van der Waals surface area (Å²) in [6.07, 6.45) is -1.16. The van der Waals surface area contributed by atoms with Crippen LogP contribution < -0.4 is 5.84 Å². The number of hydrazine groups is 1. The number of carboxylic acid groups (broad SMARTS) is 1. The number of rotatable bonds is 4. The van der Waals surface area contributed by atoms with Crippen LogP contribution in [0, 0.1) is 12.8 Å². The van der Waals surface area contributed by atoms with Crippen molar-refractivity contribution in [2.24, 2.45) is 11.8 Å². The molecule has 3 N–H and O–H groups in total. The summed E-state index contributed by atoms with van der Waals surface area (Å²) in [5.74, 6) is 4.38. The number of halogens is 6. The molecule has 2 aromatic rings. The predicted molar refractivity (Wildman–Crippen MR) is 128 cm³/mol. The molecule has 1 aromatic carbocycles. The zero-order chi connectivity index (χ0) is 27.4. The molecule has 2 heterocycles. The number of piperidine rings is 1. The third-order valence-electron chi connectivity index (χ3n) is 7.04. The van der Waals surface area contributed by atoms with Gasteiger partial charge in [-0.15, -0.1) is 0 Å². The molecule has 0 atom stereocenters. The van der Waals surface area contributed by atoms with Gasteiger partial charge in [0.2, 0.25) is 0 Å². The summed E-state index contributed by atoms with van der Waals surface area (Å²) in [7, 11) is 0. The second kappa shape index (κ2) is 11.9. The van der Waals surface area contributed by atoms with Crippen molar-refractivity contribution in [1.82, 2.24) is 9.58 Å². The lowest BCUT2D eigenvalue weighted by atomic mass is 9.89. The Balaban J connectivity index is 0.000000468. The largest absolute Gasteiger partial charge is 0.478 e. The van der Waals surface area contributed by atoms with E-state index in [0.29, 0.717) is 24.4 Å². The number of benzene rings is 1. The summed E-state index contributed by atoms with van der Waals surface area (Å²) < 4.78 is 81.2. The number of hydrogen-bond acceptors (Lipinski definition) is 3. The van der Waals surface area contributed by atoms with Gasteiger partial charge in [0.25, 0.3) is 0 Å². The maximum Gasteiger partial charge on any atom is 0.416 e. The molecule has 0 bridgehead atoms. The van der Waals surface area contributed by atoms with Crippen LogP contribution >= 0.6 is 0 Å². The van der Waals surface area contributed by atoms with Crippen LogP contribution in [0.5, 0.6) is 0 Å². The summed E-state index contributed by atoms with van der Waals surface area (Å²) in [6, 6.07) is 2.53. The summed E-state index contributed by atoms with van der Waals surface area (Å²) >= 11 is 0. The van der Waals surface area contributed by atoms with Crippen molar-refractivity contribution >= 4 is 5.97 Å². The van der Waals surface area contributed by atoms with Crippen molar-refractivity contribution in [1.29, 1.82) is 0 Å². The van der Waals surface area contributed by atoms with Gasteiger partial charge in [0, 0.05) is 31.0 Å². The zero-order valence-electron chi connectivity index (χ0n) is 20.8. The Morgan fingerprint density at radius 2 is 1.41 bits per heavy atom. The Hall–Kier alpha value is -2.53. The molecule has 0 unspecified atom stereocenters. The average molecular weight is 534 g/mol. The smallest absolute Gasteiger partial charge is 0.416 e. The predicted octanol–water partition coefficient (Wildman–Crippen LogP) is 7.13. The Bertz CT molecular complexity index is 1030. The number of carboxylic acids is 1. The van der Waals surface area contributed by atoms with E-state index in [4.69, 9.17) is 5.84 Å². The fourth-order valence-electron chi connectivity index (χ4n) is 4.99. The molecule has 37 heavy (non-hydrogen) atoms. The van der Waals surface area contributed by atoms with E-state index in [1.807, 2.05) is 5.01 Å². The van der Waals surface area contributed by atoms with Gasteiger partial charge in [0.15, 0.2) is 0 Å². The first-order valence-electron chi connectivity index (χ1n) is 12.5. The number of nitrogens with zero attached hydrogens (tertiary/aromatic N) is 2. The second-order valence-electron chi connectivity index (χ2n) is 9.84. The number of aromatic nitrogens is 1. The van der Waals surface area contributed by atoms with Crippen LogP contribution in [0.25, 0.3) is 11.3 Å². The summed E-state index contributed by atoms with van der Waals surface area (Å²) in [5, 5.41) is 11.3. The summed E-state index contributed by atoms with van der Waals surface area (Å²) in [5.41, 5.74) is -2.92. The molecule has 1 aliphatic heterocycles. The highest BCUT2D eigenvalue weighted by atomic mass is 19.4. The standard InChI is InChI=1S/C21H21F6NO2.C5H12N2/c1-12-17(19(29)30)10-18(28(12)11-13-5-3-2-4-6-13)14-7-15(20(22,23)24)9-16(8-14)21(25,26)27;6-7-4-2-1-3-5-7/h7-10,13H,2-6,11H2,1H3,(H,29,30);1-6H2. The molecule has 1 saturated heterocycles. The topological polar surface area (TPSA) is 71.5 Å². The second-order valence-corrected chi connectivity index (χ2v) is 9.84.